The van der Waals surface area contributed by atoms with Crippen LogP contribution in [0.1, 0.15) is 39.7 Å². The molecule has 1 fully saturated rings. The lowest BCUT2D eigenvalue weighted by Crippen LogP contribution is -2.33. The number of carbonyl (C=O) groups excluding carboxylic acids is 1. The molecule has 6 nitrogen and oxygen atoms in total. The molecular weight excluding hydrogens is 358 g/mol. The SMILES string of the molecule is CC(C)CNC(=O)C(C)Sc1nnc(-c2c[nH]c3ccccc23)n1C1CC1. The van der Waals surface area contributed by atoms with Crippen molar-refractivity contribution in [3.05, 3.63) is 30.5 Å². The van der Waals surface area contributed by atoms with Crippen LogP contribution in [0.3, 0.4) is 0 Å². The molecule has 2 heterocycles. The number of thioether (sulfide) groups is 1. The fourth-order valence-corrected chi connectivity index (χ4v) is 4.06. The van der Waals surface area contributed by atoms with Crippen LogP contribution >= 0.6 is 11.8 Å². The minimum Gasteiger partial charge on any atom is -0.360 e. The minimum absolute atomic E-state index is 0.0488. The zero-order chi connectivity index (χ0) is 19.0. The summed E-state index contributed by atoms with van der Waals surface area (Å²) in [5.74, 6) is 1.37. The Labute approximate surface area is 163 Å². The van der Waals surface area contributed by atoms with Gasteiger partial charge in [-0.3, -0.25) is 9.36 Å². The number of carbonyl (C=O) groups is 1. The zero-order valence-electron chi connectivity index (χ0n) is 15.9. The highest BCUT2D eigenvalue weighted by atomic mass is 32.2. The first-order chi connectivity index (χ1) is 13.0. The zero-order valence-corrected chi connectivity index (χ0v) is 16.7. The normalized spacial score (nSPS) is 15.4. The third kappa shape index (κ3) is 3.74. The first kappa shape index (κ1) is 18.1. The lowest BCUT2D eigenvalue weighted by molar-refractivity contribution is -0.120. The molecule has 3 aromatic rings. The van der Waals surface area contributed by atoms with Gasteiger partial charge in [-0.15, -0.1) is 10.2 Å². The largest absolute Gasteiger partial charge is 0.360 e. The van der Waals surface area contributed by atoms with Crippen LogP contribution in [0, 0.1) is 5.92 Å². The molecule has 0 radical (unpaired) electrons. The highest BCUT2D eigenvalue weighted by Crippen LogP contribution is 2.42. The highest BCUT2D eigenvalue weighted by Gasteiger charge is 2.32. The Kier molecular flexibility index (Phi) is 4.95. The van der Waals surface area contributed by atoms with Gasteiger partial charge in [0.1, 0.15) is 0 Å². The van der Waals surface area contributed by atoms with Crippen LogP contribution in [0.25, 0.3) is 22.3 Å². The fourth-order valence-electron chi connectivity index (χ4n) is 3.12. The van der Waals surface area contributed by atoms with Crippen LogP contribution in [-0.4, -0.2) is 37.5 Å². The molecule has 2 N–H and O–H groups in total. The second-order valence-corrected chi connectivity index (χ2v) is 8.86. The number of nitrogens with one attached hydrogen (secondary N) is 2. The third-order valence-corrected chi connectivity index (χ3v) is 5.80. The van der Waals surface area contributed by atoms with E-state index in [4.69, 9.17) is 0 Å². The van der Waals surface area contributed by atoms with E-state index in [2.05, 4.69) is 51.0 Å². The summed E-state index contributed by atoms with van der Waals surface area (Å²) in [6.45, 7) is 6.81. The van der Waals surface area contributed by atoms with Gasteiger partial charge in [0, 0.05) is 35.2 Å². The van der Waals surface area contributed by atoms with Crippen LogP contribution in [0.5, 0.6) is 0 Å². The van der Waals surface area contributed by atoms with Gasteiger partial charge < -0.3 is 10.3 Å². The van der Waals surface area contributed by atoms with Crippen LogP contribution in [0.15, 0.2) is 35.6 Å². The number of hydrogen-bond acceptors (Lipinski definition) is 4. The molecule has 2 aromatic heterocycles. The van der Waals surface area contributed by atoms with E-state index in [0.29, 0.717) is 18.5 Å². The number of H-pyrrole nitrogens is 1. The van der Waals surface area contributed by atoms with E-state index < -0.39 is 0 Å². The fraction of sp³-hybridized carbons (Fsp3) is 0.450. The van der Waals surface area contributed by atoms with Gasteiger partial charge in [-0.05, 0) is 31.7 Å². The molecule has 1 saturated carbocycles. The number of hydrogen-bond donors (Lipinski definition) is 2. The van der Waals surface area contributed by atoms with Crippen molar-refractivity contribution in [2.45, 2.75) is 50.1 Å². The molecular formula is C20H25N5OS. The summed E-state index contributed by atoms with van der Waals surface area (Å²) in [5, 5.41) is 13.7. The molecule has 1 aromatic carbocycles. The van der Waals surface area contributed by atoms with Crippen molar-refractivity contribution in [2.24, 2.45) is 5.92 Å². The third-order valence-electron chi connectivity index (χ3n) is 4.74. The van der Waals surface area contributed by atoms with Gasteiger partial charge in [0.05, 0.1) is 5.25 Å². The molecule has 0 spiro atoms. The number of fused-ring (bicyclic) bond motifs is 1. The highest BCUT2D eigenvalue weighted by molar-refractivity contribution is 8.00. The number of nitrogens with zero attached hydrogens (tertiary/aromatic N) is 3. The maximum Gasteiger partial charge on any atom is 0.233 e. The van der Waals surface area contributed by atoms with E-state index in [9.17, 15) is 4.79 Å². The smallest absolute Gasteiger partial charge is 0.233 e. The lowest BCUT2D eigenvalue weighted by atomic mass is 10.1. The monoisotopic (exact) mass is 383 g/mol. The Morgan fingerprint density at radius 1 is 1.30 bits per heavy atom. The van der Waals surface area contributed by atoms with Crippen LogP contribution < -0.4 is 5.32 Å². The van der Waals surface area contributed by atoms with Gasteiger partial charge >= 0.3 is 0 Å². The van der Waals surface area contributed by atoms with Crippen molar-refractivity contribution in [1.82, 2.24) is 25.1 Å². The van der Waals surface area contributed by atoms with Gasteiger partial charge in [-0.2, -0.15) is 0 Å². The van der Waals surface area contributed by atoms with Gasteiger partial charge in [0.15, 0.2) is 11.0 Å². The van der Waals surface area contributed by atoms with Crippen molar-refractivity contribution in [2.75, 3.05) is 6.54 Å². The van der Waals surface area contributed by atoms with Gasteiger partial charge in [0.25, 0.3) is 0 Å². The Morgan fingerprint density at radius 3 is 2.81 bits per heavy atom. The quantitative estimate of drug-likeness (QED) is 0.604. The second kappa shape index (κ2) is 7.38. The van der Waals surface area contributed by atoms with Crippen molar-refractivity contribution in [3.63, 3.8) is 0 Å². The van der Waals surface area contributed by atoms with E-state index in [1.165, 1.54) is 11.8 Å². The lowest BCUT2D eigenvalue weighted by Gasteiger charge is -2.14. The second-order valence-electron chi connectivity index (χ2n) is 7.55. The topological polar surface area (TPSA) is 75.6 Å². The predicted octanol–water partition coefficient (Wildman–Crippen LogP) is 4.01. The van der Waals surface area contributed by atoms with E-state index >= 15 is 0 Å². The van der Waals surface area contributed by atoms with Crippen LogP contribution in [0.4, 0.5) is 0 Å². The summed E-state index contributed by atoms with van der Waals surface area (Å²) in [4.78, 5) is 15.7. The minimum atomic E-state index is -0.207. The number of rotatable bonds is 7. The molecule has 7 heteroatoms. The maximum atomic E-state index is 12.4. The standard InChI is InChI=1S/C20H25N5OS/c1-12(2)10-22-19(26)13(3)27-20-24-23-18(25(20)14-8-9-14)16-11-21-17-7-5-4-6-15(16)17/h4-7,11-14,21H,8-10H2,1-3H3,(H,22,26). The Bertz CT molecular complexity index is 956. The summed E-state index contributed by atoms with van der Waals surface area (Å²) >= 11 is 1.49. The van der Waals surface area contributed by atoms with E-state index in [1.807, 2.05) is 25.3 Å². The van der Waals surface area contributed by atoms with E-state index in [0.717, 1.165) is 40.3 Å². The molecule has 0 saturated heterocycles. The van der Waals surface area contributed by atoms with Crippen molar-refractivity contribution in [3.8, 4) is 11.4 Å². The number of benzene rings is 1. The van der Waals surface area contributed by atoms with Crippen LogP contribution in [-0.2, 0) is 4.79 Å². The summed E-state index contributed by atoms with van der Waals surface area (Å²) in [6, 6.07) is 8.65. The molecule has 142 valence electrons. The average molecular weight is 384 g/mol. The molecule has 4 rings (SSSR count). The van der Waals surface area contributed by atoms with Crippen LogP contribution in [0.2, 0.25) is 0 Å². The van der Waals surface area contributed by atoms with Gasteiger partial charge in [0.2, 0.25) is 5.91 Å². The summed E-state index contributed by atoms with van der Waals surface area (Å²) < 4.78 is 2.21. The molecule has 0 bridgehead atoms. The Morgan fingerprint density at radius 2 is 2.07 bits per heavy atom. The number of para-hydroxylation sites is 1. The Balaban J connectivity index is 1.61. The molecule has 27 heavy (non-hydrogen) atoms. The number of amides is 1. The maximum absolute atomic E-state index is 12.4. The van der Waals surface area contributed by atoms with Gasteiger partial charge in [-0.1, -0.05) is 43.8 Å². The first-order valence-electron chi connectivity index (χ1n) is 9.50. The van der Waals surface area contributed by atoms with Crippen molar-refractivity contribution in [1.29, 1.82) is 0 Å². The van der Waals surface area contributed by atoms with E-state index in [1.54, 1.807) is 0 Å². The number of aromatic nitrogens is 4. The molecule has 1 atom stereocenters. The summed E-state index contributed by atoms with van der Waals surface area (Å²) in [7, 11) is 0. The van der Waals surface area contributed by atoms with Crippen molar-refractivity contribution >= 4 is 28.6 Å². The summed E-state index contributed by atoms with van der Waals surface area (Å²) in [6.07, 6.45) is 4.27. The predicted molar refractivity (Wildman–Crippen MR) is 109 cm³/mol. The first-order valence-corrected chi connectivity index (χ1v) is 10.4. The number of aromatic amines is 1. The Hall–Kier alpha value is -2.28. The molecule has 0 aliphatic heterocycles. The van der Waals surface area contributed by atoms with E-state index in [-0.39, 0.29) is 11.2 Å². The average Bonchev–Trinajstić information content (AvgIpc) is 3.27. The molecule has 1 amide bonds. The summed E-state index contributed by atoms with van der Waals surface area (Å²) in [5.41, 5.74) is 2.15. The molecule has 1 aliphatic carbocycles. The molecule has 1 unspecified atom stereocenters. The molecule has 1 aliphatic rings. The van der Waals surface area contributed by atoms with Crippen molar-refractivity contribution < 1.29 is 4.79 Å². The van der Waals surface area contributed by atoms with Gasteiger partial charge in [-0.25, -0.2) is 0 Å².